The van der Waals surface area contributed by atoms with E-state index in [4.69, 9.17) is 4.98 Å². The molecule has 2 saturated heterocycles. The fourth-order valence-electron chi connectivity index (χ4n) is 4.83. The van der Waals surface area contributed by atoms with Crippen molar-refractivity contribution >= 4 is 33.4 Å². The van der Waals surface area contributed by atoms with Crippen LogP contribution >= 0.6 is 11.3 Å². The monoisotopic (exact) mass is 382 g/mol. The summed E-state index contributed by atoms with van der Waals surface area (Å²) in [6.45, 7) is 1.48. The Bertz CT molecular complexity index is 862. The normalized spacial score (nSPS) is 30.9. The summed E-state index contributed by atoms with van der Waals surface area (Å²) in [5.41, 5.74) is 1.05. The number of imide groups is 1. The van der Waals surface area contributed by atoms with Gasteiger partial charge in [-0.1, -0.05) is 24.3 Å². The highest BCUT2D eigenvalue weighted by molar-refractivity contribution is 7.18. The maximum atomic E-state index is 12.9. The van der Waals surface area contributed by atoms with Crippen LogP contribution in [0.15, 0.2) is 36.4 Å². The molecule has 5 nitrogen and oxygen atoms in total. The van der Waals surface area contributed by atoms with Gasteiger partial charge >= 0.3 is 0 Å². The standard InChI is InChI=1S/C21H23N3O2S/c25-20-14-7-1-2-8-15(14)21(26)24(20)13-23-12-6-5-10-17(23)19-22-16-9-3-4-11-18(16)27-19/h1-4,9,11,14-15,17H,5-8,10,12-13H2/p+1/t14-,15+,17-/m1/s1. The van der Waals surface area contributed by atoms with Crippen LogP contribution in [0.25, 0.3) is 10.2 Å². The lowest BCUT2D eigenvalue weighted by atomic mass is 9.85. The number of carbonyl (C=O) groups excluding carboxylic acids is 2. The number of piperidine rings is 1. The van der Waals surface area contributed by atoms with E-state index in [1.807, 2.05) is 24.3 Å². The molecule has 3 heterocycles. The number of rotatable bonds is 3. The molecule has 1 aromatic carbocycles. The van der Waals surface area contributed by atoms with E-state index >= 15 is 0 Å². The number of nitrogens with one attached hydrogen (secondary N) is 1. The maximum absolute atomic E-state index is 12.9. The smallest absolute Gasteiger partial charge is 0.237 e. The predicted octanol–water partition coefficient (Wildman–Crippen LogP) is 2.31. The van der Waals surface area contributed by atoms with E-state index in [1.165, 1.54) is 16.0 Å². The van der Waals surface area contributed by atoms with Gasteiger partial charge in [0.25, 0.3) is 0 Å². The van der Waals surface area contributed by atoms with Gasteiger partial charge < -0.3 is 4.90 Å². The van der Waals surface area contributed by atoms with E-state index in [2.05, 4.69) is 12.1 Å². The summed E-state index contributed by atoms with van der Waals surface area (Å²) in [6, 6.07) is 8.52. The fourth-order valence-corrected chi connectivity index (χ4v) is 5.99. The molecule has 4 atom stereocenters. The molecule has 2 aromatic rings. The number of para-hydroxylation sites is 1. The molecule has 5 rings (SSSR count). The van der Waals surface area contributed by atoms with Crippen LogP contribution in [0, 0.1) is 11.8 Å². The molecule has 0 bridgehead atoms. The molecular formula is C21H24N3O2S+. The second-order valence-electron chi connectivity index (χ2n) is 7.89. The van der Waals surface area contributed by atoms with Crippen molar-refractivity contribution < 1.29 is 14.5 Å². The lowest BCUT2D eigenvalue weighted by Crippen LogP contribution is -3.14. The number of nitrogens with zero attached hydrogens (tertiary/aromatic N) is 2. The zero-order valence-electron chi connectivity index (χ0n) is 15.3. The van der Waals surface area contributed by atoms with E-state index in [-0.39, 0.29) is 29.7 Å². The van der Waals surface area contributed by atoms with E-state index in [1.54, 1.807) is 16.2 Å². The van der Waals surface area contributed by atoms with Crippen LogP contribution in [0.5, 0.6) is 0 Å². The number of benzene rings is 1. The lowest BCUT2D eigenvalue weighted by molar-refractivity contribution is -0.943. The van der Waals surface area contributed by atoms with Gasteiger partial charge in [-0.2, -0.15) is 0 Å². The van der Waals surface area contributed by atoms with Crippen LogP contribution in [-0.2, 0) is 9.59 Å². The molecule has 0 radical (unpaired) electrons. The highest BCUT2D eigenvalue weighted by Crippen LogP contribution is 2.35. The molecule has 2 fully saturated rings. The number of carbonyl (C=O) groups is 2. The SMILES string of the molecule is O=C1[C@H]2CC=CC[C@H]2C(=O)N1C[NH+]1CCCC[C@@H]1c1nc2ccccc2s1. The highest BCUT2D eigenvalue weighted by Gasteiger charge is 2.49. The minimum atomic E-state index is -0.132. The molecule has 1 aromatic heterocycles. The summed E-state index contributed by atoms with van der Waals surface area (Å²) < 4.78 is 1.21. The van der Waals surface area contributed by atoms with E-state index in [0.717, 1.165) is 29.9 Å². The molecular weight excluding hydrogens is 358 g/mol. The Labute approximate surface area is 162 Å². The second-order valence-corrected chi connectivity index (χ2v) is 8.96. The number of fused-ring (bicyclic) bond motifs is 2. The zero-order valence-corrected chi connectivity index (χ0v) is 16.1. The Morgan fingerprint density at radius 1 is 1.07 bits per heavy atom. The van der Waals surface area contributed by atoms with Gasteiger partial charge in [0.15, 0.2) is 11.7 Å². The van der Waals surface area contributed by atoms with E-state index in [9.17, 15) is 9.59 Å². The fraction of sp³-hybridized carbons (Fsp3) is 0.476. The van der Waals surface area contributed by atoms with Gasteiger partial charge in [0.2, 0.25) is 11.8 Å². The Kier molecular flexibility index (Phi) is 4.32. The number of aromatic nitrogens is 1. The van der Waals surface area contributed by atoms with Crippen LogP contribution in [0.4, 0.5) is 0 Å². The summed E-state index contributed by atoms with van der Waals surface area (Å²) in [6.07, 6.45) is 8.91. The summed E-state index contributed by atoms with van der Waals surface area (Å²) in [5.74, 6) is -0.189. The molecule has 2 amide bonds. The maximum Gasteiger partial charge on any atom is 0.237 e. The molecule has 1 unspecified atom stereocenters. The highest BCUT2D eigenvalue weighted by atomic mass is 32.1. The summed E-state index contributed by atoms with van der Waals surface area (Å²) in [7, 11) is 0. The number of hydrogen-bond donors (Lipinski definition) is 1. The van der Waals surface area contributed by atoms with Gasteiger partial charge in [-0.15, -0.1) is 11.3 Å². The van der Waals surface area contributed by atoms with Crippen LogP contribution in [0.3, 0.4) is 0 Å². The third-order valence-corrected chi connectivity index (χ3v) is 7.45. The molecule has 6 heteroatoms. The Balaban J connectivity index is 1.39. The zero-order chi connectivity index (χ0) is 18.4. The molecule has 0 saturated carbocycles. The van der Waals surface area contributed by atoms with Gasteiger partial charge in [0, 0.05) is 6.42 Å². The quantitative estimate of drug-likeness (QED) is 0.655. The van der Waals surface area contributed by atoms with Crippen molar-refractivity contribution in [3.05, 3.63) is 41.4 Å². The summed E-state index contributed by atoms with van der Waals surface area (Å²) >= 11 is 1.76. The Morgan fingerprint density at radius 3 is 2.56 bits per heavy atom. The Morgan fingerprint density at radius 2 is 1.81 bits per heavy atom. The molecule has 3 aliphatic rings. The Hall–Kier alpha value is -2.05. The van der Waals surface area contributed by atoms with Crippen LogP contribution < -0.4 is 4.90 Å². The van der Waals surface area contributed by atoms with Crippen molar-refractivity contribution in [3.8, 4) is 0 Å². The van der Waals surface area contributed by atoms with Crippen LogP contribution in [0.2, 0.25) is 0 Å². The lowest BCUT2D eigenvalue weighted by Gasteiger charge is -2.33. The van der Waals surface area contributed by atoms with E-state index < -0.39 is 0 Å². The molecule has 27 heavy (non-hydrogen) atoms. The number of quaternary nitrogens is 1. The van der Waals surface area contributed by atoms with Gasteiger partial charge in [0.05, 0.1) is 28.6 Å². The summed E-state index contributed by atoms with van der Waals surface area (Å²) in [5, 5.41) is 1.14. The number of thiazole rings is 1. The van der Waals surface area contributed by atoms with Gasteiger partial charge in [-0.25, -0.2) is 9.88 Å². The second kappa shape index (κ2) is 6.84. The van der Waals surface area contributed by atoms with E-state index in [0.29, 0.717) is 19.5 Å². The number of likely N-dealkylation sites (tertiary alicyclic amines) is 2. The topological polar surface area (TPSA) is 54.7 Å². The first-order chi connectivity index (χ1) is 13.2. The van der Waals surface area contributed by atoms with Crippen molar-refractivity contribution in [1.82, 2.24) is 9.88 Å². The van der Waals surface area contributed by atoms with Crippen molar-refractivity contribution in [3.63, 3.8) is 0 Å². The predicted molar refractivity (Wildman–Crippen MR) is 104 cm³/mol. The average Bonchev–Trinajstić information content (AvgIpc) is 3.24. The molecule has 1 aliphatic carbocycles. The van der Waals surface area contributed by atoms with Crippen molar-refractivity contribution in [1.29, 1.82) is 0 Å². The average molecular weight is 383 g/mol. The van der Waals surface area contributed by atoms with Crippen LogP contribution in [-0.4, -0.2) is 34.9 Å². The minimum absolute atomic E-state index is 0.0375. The first-order valence-electron chi connectivity index (χ1n) is 9.92. The van der Waals surface area contributed by atoms with Gasteiger partial charge in [0.1, 0.15) is 6.04 Å². The minimum Gasteiger partial charge on any atom is -0.309 e. The molecule has 2 aliphatic heterocycles. The number of amides is 2. The molecule has 140 valence electrons. The number of hydrogen-bond acceptors (Lipinski definition) is 4. The first-order valence-corrected chi connectivity index (χ1v) is 10.7. The first kappa shape index (κ1) is 17.1. The molecule has 0 spiro atoms. The number of allylic oxidation sites excluding steroid dienone is 2. The van der Waals surface area contributed by atoms with Crippen molar-refractivity contribution in [2.75, 3.05) is 13.2 Å². The van der Waals surface area contributed by atoms with Crippen molar-refractivity contribution in [2.45, 2.75) is 38.1 Å². The van der Waals surface area contributed by atoms with Gasteiger partial charge in [-0.3, -0.25) is 9.59 Å². The van der Waals surface area contributed by atoms with Crippen LogP contribution in [0.1, 0.15) is 43.2 Å². The van der Waals surface area contributed by atoms with Crippen molar-refractivity contribution in [2.24, 2.45) is 11.8 Å². The third kappa shape index (κ3) is 2.91. The third-order valence-electron chi connectivity index (χ3n) is 6.30. The summed E-state index contributed by atoms with van der Waals surface area (Å²) in [4.78, 5) is 33.4. The van der Waals surface area contributed by atoms with Gasteiger partial charge in [-0.05, 0) is 37.8 Å². The largest absolute Gasteiger partial charge is 0.309 e. The molecule has 1 N–H and O–H groups in total.